The third kappa shape index (κ3) is 3.34. The number of fused-ring (bicyclic) bond motifs is 1. The second-order valence-electron chi connectivity index (χ2n) is 6.97. The lowest BCUT2D eigenvalue weighted by molar-refractivity contribution is 0.102. The minimum Gasteiger partial charge on any atom is -0.305 e. The average Bonchev–Trinajstić information content (AvgIpc) is 3.35. The number of halogens is 1. The van der Waals surface area contributed by atoms with Crippen LogP contribution in [0.4, 0.5) is 10.2 Å². The molecular formula is C23H22FN3OS. The van der Waals surface area contributed by atoms with E-state index in [0.29, 0.717) is 11.4 Å². The lowest BCUT2D eigenvalue weighted by Gasteiger charge is -2.33. The van der Waals surface area contributed by atoms with Crippen molar-refractivity contribution in [3.63, 3.8) is 0 Å². The van der Waals surface area contributed by atoms with Crippen LogP contribution >= 0.6 is 11.3 Å². The number of amides is 1. The highest BCUT2D eigenvalue weighted by atomic mass is 32.1. The summed E-state index contributed by atoms with van der Waals surface area (Å²) in [7, 11) is 0. The first kappa shape index (κ1) is 19.3. The molecule has 1 amide bonds. The van der Waals surface area contributed by atoms with Crippen molar-refractivity contribution in [3.8, 4) is 0 Å². The van der Waals surface area contributed by atoms with Crippen molar-refractivity contribution in [2.45, 2.75) is 32.2 Å². The van der Waals surface area contributed by atoms with Crippen LogP contribution < -0.4 is 5.32 Å². The predicted octanol–water partition coefficient (Wildman–Crippen LogP) is 6.05. The SMILES string of the molecule is CCC(CC)(c1ccccc1)n1nc(NC(=O)c2ccc(F)cc2)c2ccsc21. The van der Waals surface area contributed by atoms with E-state index in [1.807, 2.05) is 29.6 Å². The Bertz CT molecular complexity index is 1130. The molecule has 4 nitrogen and oxygen atoms in total. The summed E-state index contributed by atoms with van der Waals surface area (Å²) in [5.41, 5.74) is 1.28. The molecule has 0 aliphatic carbocycles. The van der Waals surface area contributed by atoms with Gasteiger partial charge in [0.25, 0.3) is 5.91 Å². The number of nitrogens with zero attached hydrogens (tertiary/aromatic N) is 2. The Morgan fingerprint density at radius 2 is 1.76 bits per heavy atom. The number of aromatic nitrogens is 2. The second kappa shape index (κ2) is 7.79. The molecule has 2 aromatic carbocycles. The van der Waals surface area contributed by atoms with E-state index in [1.54, 1.807) is 11.3 Å². The van der Waals surface area contributed by atoms with Crippen molar-refractivity contribution >= 4 is 33.3 Å². The molecular weight excluding hydrogens is 385 g/mol. The lowest BCUT2D eigenvalue weighted by Crippen LogP contribution is -2.34. The van der Waals surface area contributed by atoms with E-state index < -0.39 is 0 Å². The Morgan fingerprint density at radius 3 is 2.41 bits per heavy atom. The van der Waals surface area contributed by atoms with Gasteiger partial charge in [0.1, 0.15) is 10.6 Å². The second-order valence-corrected chi connectivity index (χ2v) is 7.86. The molecule has 148 valence electrons. The summed E-state index contributed by atoms with van der Waals surface area (Å²) in [6, 6.07) is 17.8. The van der Waals surface area contributed by atoms with Crippen LogP contribution in [0, 0.1) is 5.82 Å². The molecule has 0 aliphatic rings. The topological polar surface area (TPSA) is 46.9 Å². The molecule has 6 heteroatoms. The maximum absolute atomic E-state index is 13.2. The van der Waals surface area contributed by atoms with Crippen LogP contribution in [0.2, 0.25) is 0 Å². The van der Waals surface area contributed by atoms with Gasteiger partial charge in [-0.05, 0) is 54.1 Å². The molecule has 2 aromatic heterocycles. The number of nitrogens with one attached hydrogen (secondary N) is 1. The Labute approximate surface area is 173 Å². The van der Waals surface area contributed by atoms with Crippen molar-refractivity contribution in [2.24, 2.45) is 0 Å². The highest BCUT2D eigenvalue weighted by Gasteiger charge is 2.34. The number of benzene rings is 2. The molecule has 0 radical (unpaired) electrons. The van der Waals surface area contributed by atoms with Crippen molar-refractivity contribution in [3.05, 3.63) is 83.0 Å². The molecule has 29 heavy (non-hydrogen) atoms. The predicted molar refractivity (Wildman–Crippen MR) is 116 cm³/mol. The van der Waals surface area contributed by atoms with Gasteiger partial charge in [-0.15, -0.1) is 11.3 Å². The van der Waals surface area contributed by atoms with E-state index in [-0.39, 0.29) is 17.3 Å². The highest BCUT2D eigenvalue weighted by Crippen LogP contribution is 2.39. The number of rotatable bonds is 6. The van der Waals surface area contributed by atoms with Crippen LogP contribution in [0.15, 0.2) is 66.0 Å². The largest absolute Gasteiger partial charge is 0.305 e. The summed E-state index contributed by atoms with van der Waals surface area (Å²) < 4.78 is 15.2. The first-order valence-corrected chi connectivity index (χ1v) is 10.6. The maximum atomic E-state index is 13.2. The summed E-state index contributed by atoms with van der Waals surface area (Å²) in [5.74, 6) is -0.150. The third-order valence-electron chi connectivity index (χ3n) is 5.52. The van der Waals surface area contributed by atoms with Crippen molar-refractivity contribution in [2.75, 3.05) is 5.32 Å². The summed E-state index contributed by atoms with van der Waals surface area (Å²) in [6.07, 6.45) is 1.74. The van der Waals surface area contributed by atoms with Crippen LogP contribution in [0.1, 0.15) is 42.6 Å². The molecule has 4 rings (SSSR count). The van der Waals surface area contributed by atoms with E-state index in [9.17, 15) is 9.18 Å². The van der Waals surface area contributed by atoms with Gasteiger partial charge in [0.05, 0.1) is 10.9 Å². The van der Waals surface area contributed by atoms with Gasteiger partial charge in [0.2, 0.25) is 0 Å². The first-order valence-electron chi connectivity index (χ1n) is 9.68. The maximum Gasteiger partial charge on any atom is 0.256 e. The van der Waals surface area contributed by atoms with Crippen LogP contribution in [-0.4, -0.2) is 15.7 Å². The zero-order valence-electron chi connectivity index (χ0n) is 16.4. The lowest BCUT2D eigenvalue weighted by atomic mass is 9.85. The van der Waals surface area contributed by atoms with Gasteiger partial charge in [-0.1, -0.05) is 44.2 Å². The fourth-order valence-electron chi connectivity index (χ4n) is 3.84. The minimum atomic E-state index is -0.371. The van der Waals surface area contributed by atoms with E-state index >= 15 is 0 Å². The fourth-order valence-corrected chi connectivity index (χ4v) is 4.78. The number of carbonyl (C=O) groups excluding carboxylic acids is 1. The van der Waals surface area contributed by atoms with Crippen molar-refractivity contribution in [1.82, 2.24) is 9.78 Å². The molecule has 0 fully saturated rings. The summed E-state index contributed by atoms with van der Waals surface area (Å²) in [5, 5.41) is 10.7. The molecule has 0 saturated carbocycles. The van der Waals surface area contributed by atoms with Crippen LogP contribution in [0.5, 0.6) is 0 Å². The summed E-state index contributed by atoms with van der Waals surface area (Å²) >= 11 is 1.61. The molecule has 0 unspecified atom stereocenters. The van der Waals surface area contributed by atoms with Gasteiger partial charge < -0.3 is 5.32 Å². The average molecular weight is 408 g/mol. The van der Waals surface area contributed by atoms with E-state index in [1.165, 1.54) is 29.8 Å². The molecule has 0 atom stereocenters. The Hall–Kier alpha value is -2.99. The minimum absolute atomic E-state index is 0.302. The molecule has 0 aliphatic heterocycles. The first-order chi connectivity index (χ1) is 14.1. The van der Waals surface area contributed by atoms with E-state index in [4.69, 9.17) is 5.10 Å². The van der Waals surface area contributed by atoms with Gasteiger partial charge in [-0.25, -0.2) is 9.07 Å². The standard InChI is InChI=1S/C23H22FN3OS/c1-3-23(4-2,17-8-6-5-7-9-17)27-22-19(14-15-29-22)20(26-27)25-21(28)16-10-12-18(24)13-11-16/h5-15H,3-4H2,1-2H3,(H,25,26,28). The smallest absolute Gasteiger partial charge is 0.256 e. The normalized spacial score (nSPS) is 11.7. The highest BCUT2D eigenvalue weighted by molar-refractivity contribution is 7.16. The fraction of sp³-hybridized carbons (Fsp3) is 0.217. The van der Waals surface area contributed by atoms with E-state index in [2.05, 4.69) is 36.0 Å². The molecule has 0 saturated heterocycles. The number of carbonyl (C=O) groups is 1. The van der Waals surface area contributed by atoms with Gasteiger partial charge in [0.15, 0.2) is 5.82 Å². The molecule has 0 spiro atoms. The van der Waals surface area contributed by atoms with Gasteiger partial charge in [0, 0.05) is 5.56 Å². The number of hydrogen-bond donors (Lipinski definition) is 1. The van der Waals surface area contributed by atoms with Crippen molar-refractivity contribution in [1.29, 1.82) is 0 Å². The van der Waals surface area contributed by atoms with Crippen LogP contribution in [0.3, 0.4) is 0 Å². The number of hydrogen-bond acceptors (Lipinski definition) is 3. The molecule has 4 aromatic rings. The molecule has 2 heterocycles. The third-order valence-corrected chi connectivity index (χ3v) is 6.41. The quantitative estimate of drug-likeness (QED) is 0.423. The van der Waals surface area contributed by atoms with Crippen LogP contribution in [0.25, 0.3) is 10.2 Å². The Kier molecular flexibility index (Phi) is 5.20. The van der Waals surface area contributed by atoms with Crippen molar-refractivity contribution < 1.29 is 9.18 Å². The molecule has 0 bridgehead atoms. The van der Waals surface area contributed by atoms with Gasteiger partial charge >= 0.3 is 0 Å². The van der Waals surface area contributed by atoms with Gasteiger partial charge in [-0.2, -0.15) is 5.10 Å². The Balaban J connectivity index is 1.78. The summed E-state index contributed by atoms with van der Waals surface area (Å²) in [4.78, 5) is 13.7. The van der Waals surface area contributed by atoms with Gasteiger partial charge in [-0.3, -0.25) is 4.79 Å². The van der Waals surface area contributed by atoms with Crippen LogP contribution in [-0.2, 0) is 5.54 Å². The zero-order chi connectivity index (χ0) is 20.4. The van der Waals surface area contributed by atoms with E-state index in [0.717, 1.165) is 23.1 Å². The zero-order valence-corrected chi connectivity index (χ0v) is 17.2. The Morgan fingerprint density at radius 1 is 1.07 bits per heavy atom. The summed E-state index contributed by atoms with van der Waals surface area (Å²) in [6.45, 7) is 4.32. The monoisotopic (exact) mass is 407 g/mol. The number of anilines is 1. The molecule has 1 N–H and O–H groups in total. The number of thiophene rings is 1.